The predicted octanol–water partition coefficient (Wildman–Crippen LogP) is 5.31. The van der Waals surface area contributed by atoms with Gasteiger partial charge in [0.15, 0.2) is 5.13 Å². The maximum absolute atomic E-state index is 13.4. The normalized spacial score (nSPS) is 15.7. The summed E-state index contributed by atoms with van der Waals surface area (Å²) in [5.74, 6) is -0.720. The number of benzene rings is 2. The molecule has 29 heavy (non-hydrogen) atoms. The van der Waals surface area contributed by atoms with Gasteiger partial charge in [-0.1, -0.05) is 11.3 Å². The molecule has 0 radical (unpaired) electrons. The molecule has 0 atom stereocenters. The van der Waals surface area contributed by atoms with Gasteiger partial charge in [0.05, 0.1) is 15.8 Å². The maximum atomic E-state index is 13.4. The van der Waals surface area contributed by atoms with Crippen molar-refractivity contribution < 1.29 is 22.4 Å². The summed E-state index contributed by atoms with van der Waals surface area (Å²) in [4.78, 5) is 19.1. The largest absolute Gasteiger partial charge is 0.416 e. The van der Waals surface area contributed by atoms with Crippen LogP contribution in [0.4, 0.5) is 28.4 Å². The van der Waals surface area contributed by atoms with Crippen molar-refractivity contribution >= 4 is 38.3 Å². The van der Waals surface area contributed by atoms with Crippen LogP contribution in [-0.2, 0) is 11.0 Å². The number of thiazole rings is 1. The minimum Gasteiger partial charge on any atom is -0.348 e. The summed E-state index contributed by atoms with van der Waals surface area (Å²) in [6.07, 6.45) is -3.19. The van der Waals surface area contributed by atoms with E-state index >= 15 is 0 Å². The van der Waals surface area contributed by atoms with Crippen LogP contribution in [0.15, 0.2) is 42.5 Å². The highest BCUT2D eigenvalue weighted by molar-refractivity contribution is 7.22. The zero-order valence-corrected chi connectivity index (χ0v) is 16.0. The predicted molar refractivity (Wildman–Crippen MR) is 105 cm³/mol. The summed E-state index contributed by atoms with van der Waals surface area (Å²) < 4.78 is 52.0. The van der Waals surface area contributed by atoms with Crippen molar-refractivity contribution in [2.75, 3.05) is 23.3 Å². The van der Waals surface area contributed by atoms with E-state index in [2.05, 4.69) is 15.2 Å². The Balaban J connectivity index is 1.35. The summed E-state index contributed by atoms with van der Waals surface area (Å²) >= 11 is 1.42. The van der Waals surface area contributed by atoms with E-state index in [9.17, 15) is 22.4 Å². The number of anilines is 2. The number of aromatic nitrogens is 1. The van der Waals surface area contributed by atoms with E-state index in [1.165, 1.54) is 35.6 Å². The first-order chi connectivity index (χ1) is 13.8. The lowest BCUT2D eigenvalue weighted by Crippen LogP contribution is -2.38. The Bertz CT molecular complexity index is 1020. The number of carbonyl (C=O) groups is 1. The van der Waals surface area contributed by atoms with Crippen LogP contribution in [0, 0.1) is 11.7 Å². The molecule has 0 saturated carbocycles. The van der Waals surface area contributed by atoms with E-state index < -0.39 is 11.7 Å². The highest BCUT2D eigenvalue weighted by Gasteiger charge is 2.30. The van der Waals surface area contributed by atoms with Gasteiger partial charge in [0.2, 0.25) is 5.91 Å². The molecule has 0 unspecified atom stereocenters. The number of carbonyl (C=O) groups excluding carboxylic acids is 1. The lowest BCUT2D eigenvalue weighted by atomic mass is 9.96. The molecule has 9 heteroatoms. The molecule has 1 saturated heterocycles. The van der Waals surface area contributed by atoms with Gasteiger partial charge in [-0.15, -0.1) is 0 Å². The fraction of sp³-hybridized carbons (Fsp3) is 0.300. The SMILES string of the molecule is O=C(Nc1ccc(C(F)(F)F)cc1)C1CCN(c2nc3ccc(F)cc3s2)CC1. The van der Waals surface area contributed by atoms with Crippen molar-refractivity contribution in [3.63, 3.8) is 0 Å². The van der Waals surface area contributed by atoms with Crippen LogP contribution in [0.1, 0.15) is 18.4 Å². The first-order valence-corrected chi connectivity index (χ1v) is 9.90. The molecular weight excluding hydrogens is 406 g/mol. The molecule has 4 nitrogen and oxygen atoms in total. The molecule has 4 rings (SSSR count). The molecule has 1 aliphatic heterocycles. The monoisotopic (exact) mass is 423 g/mol. The molecule has 2 aromatic carbocycles. The number of nitrogens with zero attached hydrogens (tertiary/aromatic N) is 2. The van der Waals surface area contributed by atoms with Crippen molar-refractivity contribution in [3.8, 4) is 0 Å². The van der Waals surface area contributed by atoms with Crippen LogP contribution in [0.25, 0.3) is 10.2 Å². The van der Waals surface area contributed by atoms with E-state index in [0.29, 0.717) is 31.6 Å². The highest BCUT2D eigenvalue weighted by Crippen LogP contribution is 2.33. The standard InChI is InChI=1S/C20H17F4N3OS/c21-14-3-6-16-17(11-14)29-19(26-16)27-9-7-12(8-10-27)18(28)25-15-4-1-13(2-5-15)20(22,23)24/h1-6,11-12H,7-10H2,(H,25,28). The summed E-state index contributed by atoms with van der Waals surface area (Å²) in [6, 6.07) is 8.91. The van der Waals surface area contributed by atoms with Crippen LogP contribution in [-0.4, -0.2) is 24.0 Å². The number of piperidine rings is 1. The van der Waals surface area contributed by atoms with Crippen LogP contribution >= 0.6 is 11.3 Å². The summed E-state index contributed by atoms with van der Waals surface area (Å²) in [6.45, 7) is 1.26. The smallest absolute Gasteiger partial charge is 0.348 e. The lowest BCUT2D eigenvalue weighted by molar-refractivity contribution is -0.137. The summed E-state index contributed by atoms with van der Waals surface area (Å²) in [5, 5.41) is 3.49. The second kappa shape index (κ2) is 7.62. The van der Waals surface area contributed by atoms with Crippen molar-refractivity contribution in [1.82, 2.24) is 4.98 Å². The number of hydrogen-bond acceptors (Lipinski definition) is 4. The van der Waals surface area contributed by atoms with E-state index in [1.54, 1.807) is 6.07 Å². The third-order valence-corrected chi connectivity index (χ3v) is 6.03. The van der Waals surface area contributed by atoms with E-state index in [-0.39, 0.29) is 17.6 Å². The van der Waals surface area contributed by atoms with Gasteiger partial charge in [0.25, 0.3) is 0 Å². The number of halogens is 4. The van der Waals surface area contributed by atoms with Crippen molar-refractivity contribution in [3.05, 3.63) is 53.8 Å². The van der Waals surface area contributed by atoms with Gasteiger partial charge in [0.1, 0.15) is 5.82 Å². The second-order valence-corrected chi connectivity index (χ2v) is 7.94. The molecule has 1 aliphatic rings. The van der Waals surface area contributed by atoms with Gasteiger partial charge in [-0.05, 0) is 55.3 Å². The zero-order valence-electron chi connectivity index (χ0n) is 15.2. The van der Waals surface area contributed by atoms with E-state index in [1.807, 2.05) is 0 Å². The maximum Gasteiger partial charge on any atom is 0.416 e. The fourth-order valence-corrected chi connectivity index (χ4v) is 4.38. The van der Waals surface area contributed by atoms with Gasteiger partial charge in [-0.2, -0.15) is 13.2 Å². The van der Waals surface area contributed by atoms with Crippen molar-refractivity contribution in [2.24, 2.45) is 5.92 Å². The number of fused-ring (bicyclic) bond motifs is 1. The van der Waals surface area contributed by atoms with Gasteiger partial charge < -0.3 is 10.2 Å². The van der Waals surface area contributed by atoms with Gasteiger partial charge in [-0.25, -0.2) is 9.37 Å². The first kappa shape index (κ1) is 19.6. The molecular formula is C20H17F4N3OS. The lowest BCUT2D eigenvalue weighted by Gasteiger charge is -2.31. The van der Waals surface area contributed by atoms with Crippen LogP contribution in [0.3, 0.4) is 0 Å². The fourth-order valence-electron chi connectivity index (χ4n) is 3.34. The molecule has 0 spiro atoms. The summed E-state index contributed by atoms with van der Waals surface area (Å²) in [5.41, 5.74) is 0.340. The van der Waals surface area contributed by atoms with Gasteiger partial charge in [-0.3, -0.25) is 4.79 Å². The molecule has 152 valence electrons. The van der Waals surface area contributed by atoms with Gasteiger partial charge >= 0.3 is 6.18 Å². The number of alkyl halides is 3. The Kier molecular flexibility index (Phi) is 5.16. The third-order valence-electron chi connectivity index (χ3n) is 4.96. The molecule has 3 aromatic rings. The minimum atomic E-state index is -4.40. The number of amides is 1. The van der Waals surface area contributed by atoms with E-state index in [0.717, 1.165) is 27.5 Å². The van der Waals surface area contributed by atoms with Crippen molar-refractivity contribution in [2.45, 2.75) is 19.0 Å². The Morgan fingerprint density at radius 3 is 2.45 bits per heavy atom. The van der Waals surface area contributed by atoms with Crippen LogP contribution < -0.4 is 10.2 Å². The quantitative estimate of drug-likeness (QED) is 0.581. The molecule has 1 aromatic heterocycles. The molecule has 1 N–H and O–H groups in total. The minimum absolute atomic E-state index is 0.198. The Morgan fingerprint density at radius 1 is 1.10 bits per heavy atom. The second-order valence-electron chi connectivity index (χ2n) is 6.93. The average molecular weight is 423 g/mol. The van der Waals surface area contributed by atoms with Gasteiger partial charge in [0, 0.05) is 24.7 Å². The molecule has 0 aliphatic carbocycles. The number of hydrogen-bond donors (Lipinski definition) is 1. The first-order valence-electron chi connectivity index (χ1n) is 9.09. The van der Waals surface area contributed by atoms with E-state index in [4.69, 9.17) is 0 Å². The van der Waals surface area contributed by atoms with Crippen LogP contribution in [0.5, 0.6) is 0 Å². The highest BCUT2D eigenvalue weighted by atomic mass is 32.1. The molecule has 0 bridgehead atoms. The Morgan fingerprint density at radius 2 is 1.79 bits per heavy atom. The third kappa shape index (κ3) is 4.34. The number of nitrogens with one attached hydrogen (secondary N) is 1. The zero-order chi connectivity index (χ0) is 20.6. The molecule has 1 fully saturated rings. The summed E-state index contributed by atoms with van der Waals surface area (Å²) in [7, 11) is 0. The molecule has 2 heterocycles. The molecule has 1 amide bonds. The van der Waals surface area contributed by atoms with Crippen LogP contribution in [0.2, 0.25) is 0 Å². The average Bonchev–Trinajstić information content (AvgIpc) is 3.11. The topological polar surface area (TPSA) is 45.2 Å². The van der Waals surface area contributed by atoms with Crippen molar-refractivity contribution in [1.29, 1.82) is 0 Å². The number of rotatable bonds is 3. The Hall–Kier alpha value is -2.68. The Labute approximate surface area is 168 Å².